The van der Waals surface area contributed by atoms with Crippen LogP contribution in [0.15, 0.2) is 73.0 Å². The number of fused-ring (bicyclic) bond motifs is 4. The third-order valence-electron chi connectivity index (χ3n) is 9.77. The summed E-state index contributed by atoms with van der Waals surface area (Å²) in [4.78, 5) is 54.6. The Morgan fingerprint density at radius 3 is 2.07 bits per heavy atom. The van der Waals surface area contributed by atoms with Crippen molar-refractivity contribution in [2.24, 2.45) is 7.05 Å². The number of pyridine rings is 1. The van der Waals surface area contributed by atoms with Gasteiger partial charge in [-0.15, -0.1) is 0 Å². The Hall–Kier alpha value is -6.00. The van der Waals surface area contributed by atoms with Gasteiger partial charge in [0.15, 0.2) is 5.82 Å². The van der Waals surface area contributed by atoms with Crippen molar-refractivity contribution in [1.82, 2.24) is 19.8 Å². The summed E-state index contributed by atoms with van der Waals surface area (Å²) in [7, 11) is 2.02. The Bertz CT molecular complexity index is 2280. The molecular formula is C43H43FN4O10. The second-order valence-electron chi connectivity index (χ2n) is 13.5. The number of hydrogen-bond donors (Lipinski definition) is 1. The van der Waals surface area contributed by atoms with Crippen LogP contribution in [0.2, 0.25) is 0 Å². The fraction of sp³-hybridized carbons (Fsp3) is 0.326. The average Bonchev–Trinajstić information content (AvgIpc) is 3.60. The van der Waals surface area contributed by atoms with Crippen LogP contribution in [0, 0.1) is 5.82 Å². The first-order valence-corrected chi connectivity index (χ1v) is 19.0. The molecule has 3 aliphatic rings. The second-order valence-corrected chi connectivity index (χ2v) is 13.5. The molecule has 14 nitrogen and oxygen atoms in total. The molecule has 4 amide bonds. The number of carbonyl (C=O) groups is 4. The molecular weight excluding hydrogens is 751 g/mol. The summed E-state index contributed by atoms with van der Waals surface area (Å²) < 4.78 is 50.4. The van der Waals surface area contributed by atoms with Crippen molar-refractivity contribution in [3.63, 3.8) is 0 Å². The normalized spacial score (nSPS) is 17.8. The molecule has 1 saturated heterocycles. The number of amides is 4. The van der Waals surface area contributed by atoms with Gasteiger partial charge in [-0.1, -0.05) is 42.5 Å². The Kier molecular flexibility index (Phi) is 13.1. The maximum Gasteiger partial charge on any atom is 0.262 e. The number of halogens is 1. The van der Waals surface area contributed by atoms with Gasteiger partial charge in [-0.05, 0) is 48.4 Å². The molecule has 2 aliphatic heterocycles. The van der Waals surface area contributed by atoms with Crippen molar-refractivity contribution in [2.75, 3.05) is 66.1 Å². The molecule has 2 aromatic carbocycles. The Labute approximate surface area is 333 Å². The van der Waals surface area contributed by atoms with Crippen LogP contribution in [0.1, 0.15) is 44.8 Å². The van der Waals surface area contributed by atoms with Crippen molar-refractivity contribution in [2.45, 2.75) is 18.9 Å². The number of hydrogen-bond acceptors (Lipinski definition) is 11. The van der Waals surface area contributed by atoms with Crippen molar-refractivity contribution < 1.29 is 52.0 Å². The van der Waals surface area contributed by atoms with Gasteiger partial charge in [0, 0.05) is 47.4 Å². The summed E-state index contributed by atoms with van der Waals surface area (Å²) in [5.41, 5.74) is 5.12. The summed E-state index contributed by atoms with van der Waals surface area (Å²) in [6.07, 6.45) is 14.0. The van der Waals surface area contributed by atoms with Crippen LogP contribution >= 0.6 is 0 Å². The van der Waals surface area contributed by atoms with Gasteiger partial charge in [0.05, 0.1) is 64.0 Å². The van der Waals surface area contributed by atoms with Crippen molar-refractivity contribution in [3.05, 3.63) is 101 Å². The van der Waals surface area contributed by atoms with Crippen LogP contribution in [0.4, 0.5) is 4.39 Å². The number of imide groups is 2. The molecule has 302 valence electrons. The van der Waals surface area contributed by atoms with Crippen molar-refractivity contribution >= 4 is 46.7 Å². The van der Waals surface area contributed by atoms with E-state index in [1.54, 1.807) is 12.3 Å². The van der Waals surface area contributed by atoms with Gasteiger partial charge >= 0.3 is 0 Å². The van der Waals surface area contributed by atoms with E-state index in [1.807, 2.05) is 43.5 Å². The SMILES string of the molecule is Cn1c2c(c3ccc(-c4cnc(OCCOCCOCCOCCOCCOc5ccc6c(c5)C(=O)N(C5CCC(=O)NC5=O)C6=O)c(F)c4)cc31)/C=C/C=C/C=C\2. The summed E-state index contributed by atoms with van der Waals surface area (Å²) in [5.74, 6) is -2.51. The number of aromatic nitrogens is 2. The van der Waals surface area contributed by atoms with Crippen LogP contribution in [0.25, 0.3) is 34.2 Å². The molecule has 7 rings (SSSR count). The molecule has 0 saturated carbocycles. The highest BCUT2D eigenvalue weighted by molar-refractivity contribution is 6.23. The van der Waals surface area contributed by atoms with Gasteiger partial charge in [-0.2, -0.15) is 0 Å². The van der Waals surface area contributed by atoms with E-state index in [2.05, 4.69) is 33.1 Å². The highest BCUT2D eigenvalue weighted by Crippen LogP contribution is 2.33. The summed E-state index contributed by atoms with van der Waals surface area (Å²) in [6.45, 7) is 2.96. The lowest BCUT2D eigenvalue weighted by Gasteiger charge is -2.27. The molecule has 58 heavy (non-hydrogen) atoms. The summed E-state index contributed by atoms with van der Waals surface area (Å²) in [5, 5.41) is 3.30. The number of aryl methyl sites for hydroxylation is 1. The fourth-order valence-corrected chi connectivity index (χ4v) is 6.88. The molecule has 0 radical (unpaired) electrons. The monoisotopic (exact) mass is 794 g/mol. The Balaban J connectivity index is 0.711. The molecule has 1 N–H and O–H groups in total. The first kappa shape index (κ1) is 40.2. The second kappa shape index (κ2) is 19.0. The lowest BCUT2D eigenvalue weighted by molar-refractivity contribution is -0.136. The zero-order chi connectivity index (χ0) is 40.4. The lowest BCUT2D eigenvalue weighted by Crippen LogP contribution is -2.54. The van der Waals surface area contributed by atoms with Gasteiger partial charge < -0.3 is 33.0 Å². The predicted octanol–water partition coefficient (Wildman–Crippen LogP) is 4.90. The number of benzene rings is 2. The summed E-state index contributed by atoms with van der Waals surface area (Å²) >= 11 is 0. The Morgan fingerprint density at radius 2 is 1.38 bits per heavy atom. The van der Waals surface area contributed by atoms with Crippen LogP contribution < -0.4 is 14.8 Å². The third-order valence-corrected chi connectivity index (χ3v) is 9.77. The van der Waals surface area contributed by atoms with Gasteiger partial charge in [-0.25, -0.2) is 9.37 Å². The molecule has 2 aromatic heterocycles. The Morgan fingerprint density at radius 1 is 0.724 bits per heavy atom. The number of piperidine rings is 1. The predicted molar refractivity (Wildman–Crippen MR) is 211 cm³/mol. The number of nitrogens with zero attached hydrogens (tertiary/aromatic N) is 3. The molecule has 4 aromatic rings. The number of rotatable bonds is 19. The smallest absolute Gasteiger partial charge is 0.262 e. The van der Waals surface area contributed by atoms with E-state index >= 15 is 0 Å². The maximum atomic E-state index is 14.9. The van der Waals surface area contributed by atoms with Crippen molar-refractivity contribution in [3.8, 4) is 22.8 Å². The fourth-order valence-electron chi connectivity index (χ4n) is 6.88. The van der Waals surface area contributed by atoms with E-state index in [4.69, 9.17) is 28.4 Å². The molecule has 1 unspecified atom stereocenters. The maximum absolute atomic E-state index is 14.9. The zero-order valence-electron chi connectivity index (χ0n) is 31.9. The summed E-state index contributed by atoms with van der Waals surface area (Å²) in [6, 6.07) is 11.0. The van der Waals surface area contributed by atoms with E-state index in [9.17, 15) is 23.6 Å². The number of allylic oxidation sites excluding steroid dienone is 4. The molecule has 4 heterocycles. The van der Waals surface area contributed by atoms with Gasteiger partial charge in [0.25, 0.3) is 11.8 Å². The lowest BCUT2D eigenvalue weighted by atomic mass is 10.0. The molecule has 1 fully saturated rings. The largest absolute Gasteiger partial charge is 0.491 e. The highest BCUT2D eigenvalue weighted by atomic mass is 19.1. The number of carbonyl (C=O) groups excluding carboxylic acids is 4. The third kappa shape index (κ3) is 9.24. The van der Waals surface area contributed by atoms with E-state index in [0.717, 1.165) is 32.6 Å². The molecule has 1 aliphatic carbocycles. The van der Waals surface area contributed by atoms with Gasteiger partial charge in [-0.3, -0.25) is 29.4 Å². The van der Waals surface area contributed by atoms with Gasteiger partial charge in [0.2, 0.25) is 17.7 Å². The minimum atomic E-state index is -1.02. The van der Waals surface area contributed by atoms with Crippen LogP contribution in [-0.4, -0.2) is 110 Å². The quantitative estimate of drug-likeness (QED) is 0.102. The van der Waals surface area contributed by atoms with Gasteiger partial charge in [0.1, 0.15) is 25.0 Å². The average molecular weight is 795 g/mol. The zero-order valence-corrected chi connectivity index (χ0v) is 31.9. The first-order valence-electron chi connectivity index (χ1n) is 19.0. The molecule has 0 spiro atoms. The molecule has 15 heteroatoms. The van der Waals surface area contributed by atoms with Crippen LogP contribution in [-0.2, 0) is 35.6 Å². The van der Waals surface area contributed by atoms with E-state index in [1.165, 1.54) is 18.2 Å². The van der Waals surface area contributed by atoms with E-state index in [-0.39, 0.29) is 56.3 Å². The minimum absolute atomic E-state index is 0.0532. The molecule has 0 bridgehead atoms. The van der Waals surface area contributed by atoms with Crippen molar-refractivity contribution in [1.29, 1.82) is 0 Å². The highest BCUT2D eigenvalue weighted by Gasteiger charge is 2.44. The van der Waals surface area contributed by atoms with Crippen LogP contribution in [0.3, 0.4) is 0 Å². The first-order chi connectivity index (χ1) is 28.3. The van der Waals surface area contributed by atoms with Crippen LogP contribution in [0.5, 0.6) is 11.6 Å². The minimum Gasteiger partial charge on any atom is -0.491 e. The van der Waals surface area contributed by atoms with E-state index < -0.39 is 35.5 Å². The number of nitrogens with one attached hydrogen (secondary N) is 1. The number of ether oxygens (including phenoxy) is 6. The molecule has 1 atom stereocenters. The standard InChI is InChI=1S/C43H43FN4O10/c1-47-36-7-5-3-2-4-6-31(36)32-10-8-28(25-38(32)47)29-24-35(44)41(45-27-29)58-23-21-56-19-17-54-15-14-53-16-18-55-20-22-57-30-9-11-33-34(26-30)43(52)48(42(33)51)37-12-13-39(49)46-40(37)50/h2-11,24-27,37H,12-23H2,1H3,(H,46,49,50)/b3-2+,4-2?,5-3?,6-4+,7-5-,31-6?,36-7?. The topological polar surface area (TPSA) is 157 Å². The van der Waals surface area contributed by atoms with E-state index in [0.29, 0.717) is 51.0 Å².